The molecule has 1 aromatic rings. The van der Waals surface area contributed by atoms with E-state index in [1.165, 1.54) is 0 Å². The molecule has 17 heavy (non-hydrogen) atoms. The Morgan fingerprint density at radius 1 is 1.47 bits per heavy atom. The van der Waals surface area contributed by atoms with E-state index >= 15 is 0 Å². The van der Waals surface area contributed by atoms with Gasteiger partial charge in [-0.2, -0.15) is 0 Å². The van der Waals surface area contributed by atoms with E-state index in [0.29, 0.717) is 13.1 Å². The van der Waals surface area contributed by atoms with Gasteiger partial charge in [0, 0.05) is 24.6 Å². The lowest BCUT2D eigenvalue weighted by Gasteiger charge is -2.23. The first-order valence-electron chi connectivity index (χ1n) is 5.52. The molecule has 1 atom stereocenters. The highest BCUT2D eigenvalue weighted by Gasteiger charge is 2.36. The maximum absolute atomic E-state index is 11.9. The minimum absolute atomic E-state index is 0.00947. The molecule has 0 radical (unpaired) electrons. The SMILES string of the molecule is CN1CC(c2ccccc2Br)N(CCO)C1=O. The number of nitrogens with zero attached hydrogens (tertiary/aromatic N) is 2. The predicted molar refractivity (Wildman–Crippen MR) is 68.7 cm³/mol. The van der Waals surface area contributed by atoms with Crippen molar-refractivity contribution >= 4 is 22.0 Å². The van der Waals surface area contributed by atoms with E-state index in [4.69, 9.17) is 5.11 Å². The van der Waals surface area contributed by atoms with E-state index in [-0.39, 0.29) is 18.7 Å². The van der Waals surface area contributed by atoms with Crippen LogP contribution in [0.2, 0.25) is 0 Å². The number of aliphatic hydroxyl groups is 1. The molecule has 0 aromatic heterocycles. The van der Waals surface area contributed by atoms with Crippen LogP contribution in [0, 0.1) is 0 Å². The highest BCUT2D eigenvalue weighted by atomic mass is 79.9. The molecular weight excluding hydrogens is 284 g/mol. The quantitative estimate of drug-likeness (QED) is 0.925. The molecule has 1 heterocycles. The molecular formula is C12H15BrN2O2. The first kappa shape index (κ1) is 12.4. The number of benzene rings is 1. The third-order valence-electron chi connectivity index (χ3n) is 3.00. The topological polar surface area (TPSA) is 43.8 Å². The van der Waals surface area contributed by atoms with Crippen LogP contribution in [0.15, 0.2) is 28.7 Å². The van der Waals surface area contributed by atoms with Gasteiger partial charge in [0.05, 0.1) is 12.6 Å². The number of hydrogen-bond donors (Lipinski definition) is 1. The molecule has 4 nitrogen and oxygen atoms in total. The van der Waals surface area contributed by atoms with Crippen LogP contribution < -0.4 is 0 Å². The number of likely N-dealkylation sites (N-methyl/N-ethyl adjacent to an activating group) is 1. The van der Waals surface area contributed by atoms with Gasteiger partial charge in [-0.25, -0.2) is 4.79 Å². The van der Waals surface area contributed by atoms with Crippen molar-refractivity contribution in [3.63, 3.8) is 0 Å². The fourth-order valence-corrected chi connectivity index (χ4v) is 2.71. The molecule has 2 amide bonds. The molecule has 1 fully saturated rings. The number of carbonyl (C=O) groups is 1. The zero-order valence-corrected chi connectivity index (χ0v) is 11.2. The minimum Gasteiger partial charge on any atom is -0.395 e. The molecule has 0 spiro atoms. The van der Waals surface area contributed by atoms with Gasteiger partial charge in [-0.05, 0) is 11.6 Å². The molecule has 0 aliphatic carbocycles. The summed E-state index contributed by atoms with van der Waals surface area (Å²) in [4.78, 5) is 15.3. The van der Waals surface area contributed by atoms with Crippen LogP contribution in [0.1, 0.15) is 11.6 Å². The van der Waals surface area contributed by atoms with Gasteiger partial charge < -0.3 is 14.9 Å². The van der Waals surface area contributed by atoms with Crippen molar-refractivity contribution in [3.8, 4) is 0 Å². The molecule has 1 aromatic carbocycles. The van der Waals surface area contributed by atoms with E-state index < -0.39 is 0 Å². The number of halogens is 1. The smallest absolute Gasteiger partial charge is 0.320 e. The normalized spacial score (nSPS) is 20.2. The molecule has 1 aliphatic rings. The molecule has 0 saturated carbocycles. The highest BCUT2D eigenvalue weighted by Crippen LogP contribution is 2.32. The summed E-state index contributed by atoms with van der Waals surface area (Å²) >= 11 is 3.51. The third kappa shape index (κ3) is 2.30. The van der Waals surface area contributed by atoms with Gasteiger partial charge in [0.25, 0.3) is 0 Å². The molecule has 1 saturated heterocycles. The van der Waals surface area contributed by atoms with Crippen molar-refractivity contribution < 1.29 is 9.90 Å². The van der Waals surface area contributed by atoms with Crippen molar-refractivity contribution in [2.24, 2.45) is 0 Å². The predicted octanol–water partition coefficient (Wildman–Crippen LogP) is 1.85. The van der Waals surface area contributed by atoms with Crippen molar-refractivity contribution in [2.45, 2.75) is 6.04 Å². The second kappa shape index (κ2) is 5.06. The monoisotopic (exact) mass is 298 g/mol. The van der Waals surface area contributed by atoms with Gasteiger partial charge in [-0.3, -0.25) is 0 Å². The summed E-state index contributed by atoms with van der Waals surface area (Å²) in [5.41, 5.74) is 1.08. The van der Waals surface area contributed by atoms with E-state index in [9.17, 15) is 4.79 Å². The Bertz CT molecular complexity index is 425. The average molecular weight is 299 g/mol. The Labute approximate surface area is 109 Å². The Balaban J connectivity index is 2.31. The molecule has 0 bridgehead atoms. The fraction of sp³-hybridized carbons (Fsp3) is 0.417. The first-order valence-corrected chi connectivity index (χ1v) is 6.31. The maximum atomic E-state index is 11.9. The minimum atomic E-state index is -0.0280. The number of amides is 2. The molecule has 1 N–H and O–H groups in total. The molecule has 2 rings (SSSR count). The maximum Gasteiger partial charge on any atom is 0.320 e. The summed E-state index contributed by atoms with van der Waals surface area (Å²) < 4.78 is 0.996. The lowest BCUT2D eigenvalue weighted by Crippen LogP contribution is -2.33. The van der Waals surface area contributed by atoms with Gasteiger partial charge in [-0.15, -0.1) is 0 Å². The van der Waals surface area contributed by atoms with Crippen LogP contribution >= 0.6 is 15.9 Å². The zero-order chi connectivity index (χ0) is 12.4. The number of aliphatic hydroxyl groups excluding tert-OH is 1. The summed E-state index contributed by atoms with van der Waals surface area (Å²) in [6.07, 6.45) is 0. The second-order valence-electron chi connectivity index (χ2n) is 4.12. The molecule has 1 aliphatic heterocycles. The number of hydrogen-bond acceptors (Lipinski definition) is 2. The summed E-state index contributed by atoms with van der Waals surface area (Å²) in [5, 5.41) is 9.04. The Morgan fingerprint density at radius 3 is 2.82 bits per heavy atom. The number of β-amino-alcohol motifs (C(OH)–C–C–N with tert-alkyl or cyclic N) is 1. The van der Waals surface area contributed by atoms with Crippen molar-refractivity contribution in [2.75, 3.05) is 26.7 Å². The second-order valence-corrected chi connectivity index (χ2v) is 4.97. The Morgan fingerprint density at radius 2 is 2.18 bits per heavy atom. The lowest BCUT2D eigenvalue weighted by atomic mass is 10.1. The van der Waals surface area contributed by atoms with Crippen molar-refractivity contribution in [1.82, 2.24) is 9.80 Å². The average Bonchev–Trinajstić information content (AvgIpc) is 2.58. The van der Waals surface area contributed by atoms with Gasteiger partial charge in [0.1, 0.15) is 0 Å². The van der Waals surface area contributed by atoms with Gasteiger partial charge in [0.2, 0.25) is 0 Å². The third-order valence-corrected chi connectivity index (χ3v) is 3.72. The fourth-order valence-electron chi connectivity index (χ4n) is 2.16. The number of rotatable bonds is 3. The lowest BCUT2D eigenvalue weighted by molar-refractivity contribution is 0.171. The summed E-state index contributed by atoms with van der Waals surface area (Å²) in [6.45, 7) is 1.01. The van der Waals surface area contributed by atoms with E-state index in [0.717, 1.165) is 10.0 Å². The summed E-state index contributed by atoms with van der Waals surface area (Å²) in [7, 11) is 1.78. The van der Waals surface area contributed by atoms with Crippen LogP contribution in [-0.2, 0) is 0 Å². The van der Waals surface area contributed by atoms with Gasteiger partial charge in [-0.1, -0.05) is 34.1 Å². The standard InChI is InChI=1S/C12H15BrN2O2/c1-14-8-11(15(6-7-16)12(14)17)9-4-2-3-5-10(9)13/h2-5,11,16H,6-8H2,1H3. The highest BCUT2D eigenvalue weighted by molar-refractivity contribution is 9.10. The Kier molecular flexibility index (Phi) is 3.69. The molecule has 1 unspecified atom stereocenters. The van der Waals surface area contributed by atoms with Gasteiger partial charge in [0.15, 0.2) is 0 Å². The number of carbonyl (C=O) groups excluding carboxylic acids is 1. The van der Waals surface area contributed by atoms with E-state index in [2.05, 4.69) is 15.9 Å². The largest absolute Gasteiger partial charge is 0.395 e. The van der Waals surface area contributed by atoms with Crippen LogP contribution in [0.25, 0.3) is 0 Å². The molecule has 92 valence electrons. The van der Waals surface area contributed by atoms with E-state index in [1.54, 1.807) is 16.8 Å². The van der Waals surface area contributed by atoms with Crippen molar-refractivity contribution in [3.05, 3.63) is 34.3 Å². The van der Waals surface area contributed by atoms with Crippen LogP contribution in [0.3, 0.4) is 0 Å². The number of urea groups is 1. The summed E-state index contributed by atoms with van der Waals surface area (Å²) in [5.74, 6) is 0. The van der Waals surface area contributed by atoms with E-state index in [1.807, 2.05) is 24.3 Å². The first-order chi connectivity index (χ1) is 8.15. The Hall–Kier alpha value is -1.07. The zero-order valence-electron chi connectivity index (χ0n) is 9.64. The van der Waals surface area contributed by atoms with Gasteiger partial charge >= 0.3 is 6.03 Å². The van der Waals surface area contributed by atoms with Crippen LogP contribution in [0.4, 0.5) is 4.79 Å². The summed E-state index contributed by atoms with van der Waals surface area (Å²) in [6, 6.07) is 7.86. The molecule has 5 heteroatoms. The van der Waals surface area contributed by atoms with Crippen molar-refractivity contribution in [1.29, 1.82) is 0 Å². The van der Waals surface area contributed by atoms with Crippen LogP contribution in [-0.4, -0.2) is 47.7 Å². The van der Waals surface area contributed by atoms with Crippen LogP contribution in [0.5, 0.6) is 0 Å².